The Hall–Kier alpha value is -0.560. The Bertz CT molecular complexity index is 247. The first-order chi connectivity index (χ1) is 6.61. The Kier molecular flexibility index (Phi) is 3.94. The van der Waals surface area contributed by atoms with Crippen LogP contribution in [0.4, 0.5) is 0 Å². The first kappa shape index (κ1) is 11.5. The summed E-state index contributed by atoms with van der Waals surface area (Å²) < 4.78 is 4.92. The second-order valence-corrected chi connectivity index (χ2v) is 3.32. The van der Waals surface area contributed by atoms with Crippen LogP contribution in [-0.2, 0) is 4.74 Å². The van der Waals surface area contributed by atoms with E-state index in [-0.39, 0.29) is 0 Å². The lowest BCUT2D eigenvalue weighted by molar-refractivity contribution is -0.167. The third-order valence-electron chi connectivity index (χ3n) is 2.02. The maximum Gasteiger partial charge on any atom is 0.142 e. The Morgan fingerprint density at radius 2 is 2.07 bits per heavy atom. The molecule has 0 aliphatic carbocycles. The van der Waals surface area contributed by atoms with Gasteiger partial charge in [-0.2, -0.15) is 0 Å². The first-order valence-electron chi connectivity index (χ1n) is 3.92. The molecule has 14 heavy (non-hydrogen) atoms. The van der Waals surface area contributed by atoms with Crippen molar-refractivity contribution in [3.05, 3.63) is 10.4 Å². The molecule has 0 aromatic rings. The Balaban J connectivity index is 2.78. The summed E-state index contributed by atoms with van der Waals surface area (Å²) in [5.41, 5.74) is 7.11. The van der Waals surface area contributed by atoms with E-state index in [1.165, 1.54) is 0 Å². The van der Waals surface area contributed by atoms with Gasteiger partial charge in [-0.3, -0.25) is 0 Å². The van der Waals surface area contributed by atoms with Gasteiger partial charge in [-0.15, -0.1) is 0 Å². The predicted molar refractivity (Wildman–Crippen MR) is 46.5 cm³/mol. The van der Waals surface area contributed by atoms with E-state index in [0.717, 1.165) is 0 Å². The summed E-state index contributed by atoms with van der Waals surface area (Å²) in [4.78, 5) is 2.47. The van der Waals surface area contributed by atoms with Gasteiger partial charge < -0.3 is 20.1 Å². The van der Waals surface area contributed by atoms with Crippen LogP contribution in [0.2, 0.25) is 0 Å². The van der Waals surface area contributed by atoms with Gasteiger partial charge in [0.1, 0.15) is 23.8 Å². The van der Waals surface area contributed by atoms with Gasteiger partial charge >= 0.3 is 0 Å². The van der Waals surface area contributed by atoms with Crippen LogP contribution in [-0.4, -0.2) is 51.8 Å². The molecule has 5 atom stereocenters. The maximum absolute atomic E-state index is 9.45. The molecule has 1 rings (SSSR count). The number of halogens is 1. The first-order valence-corrected chi connectivity index (χ1v) is 4.36. The molecule has 0 radical (unpaired) electrons. The van der Waals surface area contributed by atoms with Crippen molar-refractivity contribution < 1.29 is 20.1 Å². The largest absolute Gasteiger partial charge is 0.394 e. The molecule has 1 aliphatic rings. The van der Waals surface area contributed by atoms with Crippen LogP contribution in [0.25, 0.3) is 10.4 Å². The monoisotopic (exact) mass is 223 g/mol. The molecule has 1 aliphatic heterocycles. The molecule has 0 amide bonds. The zero-order valence-electron chi connectivity index (χ0n) is 7.06. The van der Waals surface area contributed by atoms with Gasteiger partial charge in [0.25, 0.3) is 0 Å². The van der Waals surface area contributed by atoms with Crippen LogP contribution < -0.4 is 0 Å². The number of aliphatic hydroxyl groups excluding tert-OH is 3. The fourth-order valence-electron chi connectivity index (χ4n) is 1.24. The number of ether oxygens (including phenoxy) is 1. The number of alkyl halides is 1. The van der Waals surface area contributed by atoms with Crippen molar-refractivity contribution >= 4 is 11.6 Å². The van der Waals surface area contributed by atoms with E-state index >= 15 is 0 Å². The Morgan fingerprint density at radius 3 is 2.57 bits per heavy atom. The lowest BCUT2D eigenvalue weighted by Gasteiger charge is -2.37. The SMILES string of the molecule is [N-]=[N+]=N[C@H]1C(O)[C@@H](O)C(CO)O[C@H]1Cl. The van der Waals surface area contributed by atoms with E-state index in [2.05, 4.69) is 10.0 Å². The molecule has 3 N–H and O–H groups in total. The highest BCUT2D eigenvalue weighted by molar-refractivity contribution is 6.20. The van der Waals surface area contributed by atoms with E-state index < -0.39 is 36.5 Å². The van der Waals surface area contributed by atoms with Gasteiger partial charge in [-0.25, -0.2) is 0 Å². The maximum atomic E-state index is 9.45. The molecule has 7 nitrogen and oxygen atoms in total. The van der Waals surface area contributed by atoms with Crippen molar-refractivity contribution in [3.8, 4) is 0 Å². The molecule has 1 saturated heterocycles. The summed E-state index contributed by atoms with van der Waals surface area (Å²) in [6, 6.07) is -1.06. The molecule has 0 aromatic carbocycles. The predicted octanol–water partition coefficient (Wildman–Crippen LogP) is -0.657. The molecule has 0 aromatic heterocycles. The van der Waals surface area contributed by atoms with Crippen molar-refractivity contribution in [1.29, 1.82) is 0 Å². The molecule has 1 heterocycles. The standard InChI is InChI=1S/C6H10ClN3O4/c7-6-3(9-10-8)5(13)4(12)2(1-11)14-6/h2-6,11-13H,1H2/t2?,3-,4-,5?,6+/m0/s1. The molecular formula is C6H10ClN3O4. The van der Waals surface area contributed by atoms with Crippen molar-refractivity contribution in [3.63, 3.8) is 0 Å². The molecular weight excluding hydrogens is 214 g/mol. The van der Waals surface area contributed by atoms with Gasteiger partial charge in [0, 0.05) is 4.91 Å². The van der Waals surface area contributed by atoms with E-state index in [1.54, 1.807) is 0 Å². The minimum atomic E-state index is -1.33. The molecule has 1 fully saturated rings. The summed E-state index contributed by atoms with van der Waals surface area (Å²) in [5, 5.41) is 30.8. The highest BCUT2D eigenvalue weighted by atomic mass is 35.5. The average Bonchev–Trinajstić information content (AvgIpc) is 2.18. The second-order valence-electron chi connectivity index (χ2n) is 2.88. The molecule has 80 valence electrons. The van der Waals surface area contributed by atoms with Gasteiger partial charge in [0.05, 0.1) is 12.7 Å². The zero-order chi connectivity index (χ0) is 10.7. The lowest BCUT2D eigenvalue weighted by Crippen LogP contribution is -2.56. The number of aliphatic hydroxyl groups is 3. The minimum Gasteiger partial charge on any atom is -0.394 e. The van der Waals surface area contributed by atoms with Gasteiger partial charge in [-0.1, -0.05) is 16.7 Å². The van der Waals surface area contributed by atoms with E-state index in [4.69, 9.17) is 27.0 Å². The number of hydrogen-bond donors (Lipinski definition) is 3. The summed E-state index contributed by atoms with van der Waals surface area (Å²) in [7, 11) is 0. The van der Waals surface area contributed by atoms with Gasteiger partial charge in [0.15, 0.2) is 0 Å². The zero-order valence-corrected chi connectivity index (χ0v) is 7.82. The number of hydrogen-bond acceptors (Lipinski definition) is 5. The normalized spacial score (nSPS) is 43.0. The quantitative estimate of drug-likeness (QED) is 0.249. The number of azide groups is 1. The van der Waals surface area contributed by atoms with Crippen LogP contribution in [0.1, 0.15) is 0 Å². The second kappa shape index (κ2) is 4.79. The number of rotatable bonds is 2. The van der Waals surface area contributed by atoms with Crippen molar-refractivity contribution in [2.24, 2.45) is 5.11 Å². The van der Waals surface area contributed by atoms with Crippen molar-refractivity contribution in [1.82, 2.24) is 0 Å². The van der Waals surface area contributed by atoms with Gasteiger partial charge in [-0.05, 0) is 5.53 Å². The molecule has 0 bridgehead atoms. The van der Waals surface area contributed by atoms with Crippen LogP contribution in [0, 0.1) is 0 Å². The van der Waals surface area contributed by atoms with Crippen LogP contribution in [0.15, 0.2) is 5.11 Å². The minimum absolute atomic E-state index is 0.468. The molecule has 2 unspecified atom stereocenters. The summed E-state index contributed by atoms with van der Waals surface area (Å²) in [6.07, 6.45) is -3.61. The van der Waals surface area contributed by atoms with Crippen LogP contribution >= 0.6 is 11.6 Å². The molecule has 8 heteroatoms. The molecule has 0 saturated carbocycles. The van der Waals surface area contributed by atoms with E-state index in [0.29, 0.717) is 0 Å². The fourth-order valence-corrected chi connectivity index (χ4v) is 1.57. The lowest BCUT2D eigenvalue weighted by atomic mass is 9.99. The topological polar surface area (TPSA) is 119 Å². The highest BCUT2D eigenvalue weighted by Gasteiger charge is 2.42. The number of nitrogens with zero attached hydrogens (tertiary/aromatic N) is 3. The van der Waals surface area contributed by atoms with Crippen molar-refractivity contribution in [2.45, 2.75) is 29.9 Å². The summed E-state index contributed by atoms with van der Waals surface area (Å²) >= 11 is 5.63. The highest BCUT2D eigenvalue weighted by Crippen LogP contribution is 2.25. The summed E-state index contributed by atoms with van der Waals surface area (Å²) in [5.74, 6) is 0. The van der Waals surface area contributed by atoms with E-state index in [9.17, 15) is 10.2 Å². The smallest absolute Gasteiger partial charge is 0.142 e. The van der Waals surface area contributed by atoms with Crippen LogP contribution in [0.5, 0.6) is 0 Å². The van der Waals surface area contributed by atoms with E-state index in [1.807, 2.05) is 0 Å². The fraction of sp³-hybridized carbons (Fsp3) is 1.00. The third-order valence-corrected chi connectivity index (χ3v) is 2.38. The summed E-state index contributed by atoms with van der Waals surface area (Å²) in [6.45, 7) is -0.468. The molecule has 0 spiro atoms. The Morgan fingerprint density at radius 1 is 1.43 bits per heavy atom. The van der Waals surface area contributed by atoms with Crippen molar-refractivity contribution in [2.75, 3.05) is 6.61 Å². The third kappa shape index (κ3) is 2.09. The Labute approximate surface area is 84.5 Å². The van der Waals surface area contributed by atoms with Gasteiger partial charge in [0.2, 0.25) is 0 Å². The average molecular weight is 224 g/mol. The van der Waals surface area contributed by atoms with Crippen LogP contribution in [0.3, 0.4) is 0 Å².